The van der Waals surface area contributed by atoms with Gasteiger partial charge < -0.3 is 15.0 Å². The second kappa shape index (κ2) is 7.22. The number of amides is 2. The molecule has 0 saturated carbocycles. The van der Waals surface area contributed by atoms with E-state index >= 15 is 0 Å². The van der Waals surface area contributed by atoms with E-state index in [4.69, 9.17) is 4.74 Å². The maximum Gasteiger partial charge on any atom is 0.227 e. The molecule has 1 aromatic carbocycles. The molecule has 2 amide bonds. The Morgan fingerprint density at radius 2 is 2.10 bits per heavy atom. The monoisotopic (exact) mass is 290 g/mol. The molecule has 0 radical (unpaired) electrons. The summed E-state index contributed by atoms with van der Waals surface area (Å²) in [6.45, 7) is 3.67. The lowest BCUT2D eigenvalue weighted by molar-refractivity contribution is -0.126. The first-order valence-electron chi connectivity index (χ1n) is 7.25. The number of hydrogen-bond donors (Lipinski definition) is 1. The van der Waals surface area contributed by atoms with E-state index in [0.717, 1.165) is 17.7 Å². The number of hydrogen-bond acceptors (Lipinski definition) is 3. The van der Waals surface area contributed by atoms with Gasteiger partial charge in [-0.25, -0.2) is 0 Å². The van der Waals surface area contributed by atoms with Crippen molar-refractivity contribution in [1.29, 1.82) is 0 Å². The van der Waals surface area contributed by atoms with Gasteiger partial charge in [-0.15, -0.1) is 0 Å². The summed E-state index contributed by atoms with van der Waals surface area (Å²) in [6.07, 6.45) is 1.06. The average Bonchev–Trinajstić information content (AvgIpc) is 2.86. The molecule has 5 nitrogen and oxygen atoms in total. The van der Waals surface area contributed by atoms with Crippen LogP contribution in [-0.4, -0.2) is 38.6 Å². The highest BCUT2D eigenvalue weighted by Gasteiger charge is 2.34. The lowest BCUT2D eigenvalue weighted by atomic mass is 10.1. The summed E-state index contributed by atoms with van der Waals surface area (Å²) in [4.78, 5) is 25.8. The van der Waals surface area contributed by atoms with E-state index in [9.17, 15) is 9.59 Å². The summed E-state index contributed by atoms with van der Waals surface area (Å²) in [5, 5.41) is 2.86. The molecule has 0 bridgehead atoms. The summed E-state index contributed by atoms with van der Waals surface area (Å²) in [5.74, 6) is -0.300. The number of ether oxygens (including phenoxy) is 1. The van der Waals surface area contributed by atoms with Crippen molar-refractivity contribution in [1.82, 2.24) is 5.32 Å². The van der Waals surface area contributed by atoms with Gasteiger partial charge in [-0.05, 0) is 25.5 Å². The van der Waals surface area contributed by atoms with Crippen LogP contribution in [0.3, 0.4) is 0 Å². The number of aryl methyl sites for hydroxylation is 1. The molecule has 0 spiro atoms. The Hall–Kier alpha value is -1.88. The summed E-state index contributed by atoms with van der Waals surface area (Å²) in [5.41, 5.74) is 2.01. The van der Waals surface area contributed by atoms with Crippen LogP contribution in [0.4, 0.5) is 5.69 Å². The van der Waals surface area contributed by atoms with Gasteiger partial charge in [-0.2, -0.15) is 0 Å². The number of methoxy groups -OCH3 is 1. The van der Waals surface area contributed by atoms with E-state index < -0.39 is 0 Å². The number of anilines is 1. The van der Waals surface area contributed by atoms with Crippen LogP contribution in [0, 0.1) is 12.8 Å². The highest BCUT2D eigenvalue weighted by molar-refractivity contribution is 6.00. The fraction of sp³-hybridized carbons (Fsp3) is 0.500. The first-order chi connectivity index (χ1) is 10.1. The number of benzene rings is 1. The quantitative estimate of drug-likeness (QED) is 0.808. The molecular weight excluding hydrogens is 268 g/mol. The van der Waals surface area contributed by atoms with Crippen molar-refractivity contribution in [3.63, 3.8) is 0 Å². The van der Waals surface area contributed by atoms with Gasteiger partial charge in [0.2, 0.25) is 11.8 Å². The van der Waals surface area contributed by atoms with Gasteiger partial charge in [0.15, 0.2) is 0 Å². The van der Waals surface area contributed by atoms with E-state index in [1.165, 1.54) is 0 Å². The standard InChI is InChI=1S/C16H22N2O3/c1-12-4-6-14(7-5-12)18-11-13(10-15(18)19)16(20)17-8-3-9-21-2/h4-7,13H,3,8-11H2,1-2H3,(H,17,20)/t13-/m0/s1. The van der Waals surface area contributed by atoms with Gasteiger partial charge in [0.05, 0.1) is 5.92 Å². The number of carbonyl (C=O) groups is 2. The third-order valence-electron chi connectivity index (χ3n) is 3.67. The molecule has 2 rings (SSSR count). The molecule has 1 fully saturated rings. The number of nitrogens with zero attached hydrogens (tertiary/aromatic N) is 1. The minimum Gasteiger partial charge on any atom is -0.385 e. The zero-order valence-electron chi connectivity index (χ0n) is 12.6. The molecule has 114 valence electrons. The Bertz CT molecular complexity index is 499. The van der Waals surface area contributed by atoms with Crippen molar-refractivity contribution in [3.05, 3.63) is 29.8 Å². The molecule has 0 aliphatic carbocycles. The fourth-order valence-corrected chi connectivity index (χ4v) is 2.43. The zero-order valence-corrected chi connectivity index (χ0v) is 12.6. The molecule has 21 heavy (non-hydrogen) atoms. The fourth-order valence-electron chi connectivity index (χ4n) is 2.43. The van der Waals surface area contributed by atoms with E-state index in [0.29, 0.717) is 19.7 Å². The second-order valence-corrected chi connectivity index (χ2v) is 5.38. The van der Waals surface area contributed by atoms with Crippen LogP contribution in [0.25, 0.3) is 0 Å². The van der Waals surface area contributed by atoms with Crippen LogP contribution in [0.5, 0.6) is 0 Å². The first-order valence-corrected chi connectivity index (χ1v) is 7.25. The minimum atomic E-state index is -0.263. The molecule has 1 saturated heterocycles. The topological polar surface area (TPSA) is 58.6 Å². The van der Waals surface area contributed by atoms with Crippen LogP contribution in [-0.2, 0) is 14.3 Å². The Morgan fingerprint density at radius 1 is 1.38 bits per heavy atom. The smallest absolute Gasteiger partial charge is 0.227 e. The molecule has 1 aliphatic heterocycles. The van der Waals surface area contributed by atoms with Crippen molar-refractivity contribution in [3.8, 4) is 0 Å². The number of nitrogens with one attached hydrogen (secondary N) is 1. The van der Waals surface area contributed by atoms with Crippen LogP contribution in [0.1, 0.15) is 18.4 Å². The average molecular weight is 290 g/mol. The van der Waals surface area contributed by atoms with Gasteiger partial charge in [-0.3, -0.25) is 9.59 Å². The molecule has 0 aromatic heterocycles. The van der Waals surface area contributed by atoms with Crippen molar-refractivity contribution < 1.29 is 14.3 Å². The lowest BCUT2D eigenvalue weighted by Gasteiger charge is -2.17. The van der Waals surface area contributed by atoms with Gasteiger partial charge in [0, 0.05) is 38.9 Å². The Balaban J connectivity index is 1.90. The van der Waals surface area contributed by atoms with Crippen molar-refractivity contribution in [2.45, 2.75) is 19.8 Å². The molecule has 5 heteroatoms. The minimum absolute atomic E-state index is 0.0101. The van der Waals surface area contributed by atoms with Gasteiger partial charge >= 0.3 is 0 Å². The van der Waals surface area contributed by atoms with Crippen LogP contribution in [0.15, 0.2) is 24.3 Å². The van der Waals surface area contributed by atoms with Crippen molar-refractivity contribution in [2.24, 2.45) is 5.92 Å². The number of carbonyl (C=O) groups excluding carboxylic acids is 2. The highest BCUT2D eigenvalue weighted by Crippen LogP contribution is 2.25. The SMILES string of the molecule is COCCCNC(=O)[C@H]1CC(=O)N(c2ccc(C)cc2)C1. The molecule has 1 N–H and O–H groups in total. The molecule has 0 unspecified atom stereocenters. The summed E-state index contributed by atoms with van der Waals surface area (Å²) in [7, 11) is 1.64. The van der Waals surface area contributed by atoms with E-state index in [1.54, 1.807) is 12.0 Å². The van der Waals surface area contributed by atoms with Crippen LogP contribution in [0.2, 0.25) is 0 Å². The lowest BCUT2D eigenvalue weighted by Crippen LogP contribution is -2.33. The molecule has 1 aliphatic rings. The number of rotatable bonds is 6. The predicted octanol–water partition coefficient (Wildman–Crippen LogP) is 1.50. The Kier molecular flexibility index (Phi) is 5.33. The molecular formula is C16H22N2O3. The first kappa shape index (κ1) is 15.5. The molecule has 1 heterocycles. The second-order valence-electron chi connectivity index (χ2n) is 5.38. The largest absolute Gasteiger partial charge is 0.385 e. The summed E-state index contributed by atoms with van der Waals surface area (Å²) >= 11 is 0. The van der Waals surface area contributed by atoms with Crippen molar-refractivity contribution in [2.75, 3.05) is 31.7 Å². The third kappa shape index (κ3) is 4.04. The van der Waals surface area contributed by atoms with E-state index in [2.05, 4.69) is 5.32 Å². The van der Waals surface area contributed by atoms with Crippen LogP contribution < -0.4 is 10.2 Å². The van der Waals surface area contributed by atoms with Crippen LogP contribution >= 0.6 is 0 Å². The van der Waals surface area contributed by atoms with Crippen molar-refractivity contribution >= 4 is 17.5 Å². The van der Waals surface area contributed by atoms with E-state index in [-0.39, 0.29) is 24.2 Å². The molecule has 1 atom stereocenters. The zero-order chi connectivity index (χ0) is 15.2. The predicted molar refractivity (Wildman–Crippen MR) is 81.1 cm³/mol. The summed E-state index contributed by atoms with van der Waals surface area (Å²) < 4.78 is 4.94. The highest BCUT2D eigenvalue weighted by atomic mass is 16.5. The summed E-state index contributed by atoms with van der Waals surface area (Å²) in [6, 6.07) is 7.79. The van der Waals surface area contributed by atoms with Gasteiger partial charge in [0.25, 0.3) is 0 Å². The normalized spacial score (nSPS) is 18.1. The molecule has 1 aromatic rings. The van der Waals surface area contributed by atoms with Gasteiger partial charge in [-0.1, -0.05) is 17.7 Å². The Morgan fingerprint density at radius 3 is 2.76 bits per heavy atom. The Labute approximate surface area is 125 Å². The van der Waals surface area contributed by atoms with Gasteiger partial charge in [0.1, 0.15) is 0 Å². The van der Waals surface area contributed by atoms with E-state index in [1.807, 2.05) is 31.2 Å². The third-order valence-corrected chi connectivity index (χ3v) is 3.67. The maximum atomic E-state index is 12.1. The maximum absolute atomic E-state index is 12.1.